The van der Waals surface area contributed by atoms with Crippen molar-refractivity contribution in [2.24, 2.45) is 0 Å². The summed E-state index contributed by atoms with van der Waals surface area (Å²) in [6, 6.07) is 0.253. The number of ether oxygens (including phenoxy) is 1. The summed E-state index contributed by atoms with van der Waals surface area (Å²) in [5.74, 6) is 0.831. The standard InChI is InChI=1S/C12H21N5O3/c1-3-5-20-12-15-10(13-4-2)14-11(16-12)17-6-8(18)9(19)7-17/h8-9,18-19H,3-7H2,1-2H3,(H,13,14,15,16). The summed E-state index contributed by atoms with van der Waals surface area (Å²) in [5.41, 5.74) is 0. The van der Waals surface area contributed by atoms with E-state index in [-0.39, 0.29) is 6.01 Å². The number of rotatable bonds is 6. The van der Waals surface area contributed by atoms with Crippen LogP contribution in [0.2, 0.25) is 0 Å². The summed E-state index contributed by atoms with van der Waals surface area (Å²) < 4.78 is 5.44. The number of aliphatic hydroxyl groups is 2. The van der Waals surface area contributed by atoms with Crippen LogP contribution in [0.4, 0.5) is 11.9 Å². The van der Waals surface area contributed by atoms with Crippen molar-refractivity contribution in [3.63, 3.8) is 0 Å². The Bertz CT molecular complexity index is 435. The van der Waals surface area contributed by atoms with E-state index >= 15 is 0 Å². The lowest BCUT2D eigenvalue weighted by molar-refractivity contribution is 0.0572. The predicted molar refractivity (Wildman–Crippen MR) is 74.0 cm³/mol. The van der Waals surface area contributed by atoms with E-state index in [1.807, 2.05) is 13.8 Å². The highest BCUT2D eigenvalue weighted by atomic mass is 16.5. The van der Waals surface area contributed by atoms with E-state index in [1.165, 1.54) is 0 Å². The van der Waals surface area contributed by atoms with Crippen molar-refractivity contribution in [3.8, 4) is 6.01 Å². The van der Waals surface area contributed by atoms with Gasteiger partial charge in [-0.25, -0.2) is 0 Å². The van der Waals surface area contributed by atoms with E-state index in [2.05, 4.69) is 20.3 Å². The molecule has 0 radical (unpaired) electrons. The molecule has 3 N–H and O–H groups in total. The second-order valence-electron chi connectivity index (χ2n) is 4.66. The molecule has 0 bridgehead atoms. The van der Waals surface area contributed by atoms with Crippen LogP contribution in [0, 0.1) is 0 Å². The van der Waals surface area contributed by atoms with E-state index < -0.39 is 12.2 Å². The third-order valence-corrected chi connectivity index (χ3v) is 2.92. The minimum atomic E-state index is -0.783. The first-order chi connectivity index (χ1) is 9.63. The van der Waals surface area contributed by atoms with Crippen LogP contribution in [0.5, 0.6) is 6.01 Å². The zero-order chi connectivity index (χ0) is 14.5. The molecule has 2 unspecified atom stereocenters. The van der Waals surface area contributed by atoms with Crippen LogP contribution >= 0.6 is 0 Å². The Morgan fingerprint density at radius 2 is 1.90 bits per heavy atom. The van der Waals surface area contributed by atoms with E-state index in [4.69, 9.17) is 4.74 Å². The molecule has 20 heavy (non-hydrogen) atoms. The van der Waals surface area contributed by atoms with E-state index in [1.54, 1.807) is 4.90 Å². The van der Waals surface area contributed by atoms with Gasteiger partial charge >= 0.3 is 6.01 Å². The number of aliphatic hydroxyl groups excluding tert-OH is 2. The minimum absolute atomic E-state index is 0.253. The lowest BCUT2D eigenvalue weighted by atomic mass is 10.3. The Hall–Kier alpha value is -1.67. The molecule has 1 aliphatic heterocycles. The van der Waals surface area contributed by atoms with Gasteiger partial charge in [0.25, 0.3) is 0 Å². The first-order valence-electron chi connectivity index (χ1n) is 6.87. The molecule has 0 spiro atoms. The number of β-amino-alcohol motifs (C(OH)–C–C–N with tert-alkyl or cyclic N) is 2. The number of nitrogens with one attached hydrogen (secondary N) is 1. The van der Waals surface area contributed by atoms with Gasteiger partial charge in [0.2, 0.25) is 11.9 Å². The first-order valence-corrected chi connectivity index (χ1v) is 6.87. The van der Waals surface area contributed by atoms with Gasteiger partial charge in [-0.05, 0) is 13.3 Å². The molecule has 0 aromatic carbocycles. The average molecular weight is 283 g/mol. The Balaban J connectivity index is 2.20. The highest BCUT2D eigenvalue weighted by Crippen LogP contribution is 2.20. The highest BCUT2D eigenvalue weighted by molar-refractivity contribution is 5.40. The van der Waals surface area contributed by atoms with Crippen LogP contribution in [0.15, 0.2) is 0 Å². The normalized spacial score (nSPS) is 22.1. The zero-order valence-corrected chi connectivity index (χ0v) is 11.8. The van der Waals surface area contributed by atoms with Crippen LogP contribution in [0.1, 0.15) is 20.3 Å². The fourth-order valence-electron chi connectivity index (χ4n) is 1.92. The van der Waals surface area contributed by atoms with Gasteiger partial charge < -0.3 is 25.2 Å². The van der Waals surface area contributed by atoms with Gasteiger partial charge in [0.15, 0.2) is 0 Å². The maximum absolute atomic E-state index is 9.60. The van der Waals surface area contributed by atoms with Crippen molar-refractivity contribution < 1.29 is 14.9 Å². The number of anilines is 2. The summed E-state index contributed by atoms with van der Waals surface area (Å²) in [5, 5.41) is 22.2. The number of aromatic nitrogens is 3. The summed E-state index contributed by atoms with van der Waals surface area (Å²) in [6.07, 6.45) is -0.706. The maximum Gasteiger partial charge on any atom is 0.323 e. The third-order valence-electron chi connectivity index (χ3n) is 2.92. The second-order valence-corrected chi connectivity index (χ2v) is 4.66. The van der Waals surface area contributed by atoms with Crippen LogP contribution < -0.4 is 15.0 Å². The van der Waals surface area contributed by atoms with Gasteiger partial charge in [-0.2, -0.15) is 15.0 Å². The molecule has 1 fully saturated rings. The van der Waals surface area contributed by atoms with Gasteiger partial charge in [0.1, 0.15) is 0 Å². The van der Waals surface area contributed by atoms with Crippen molar-refractivity contribution in [1.82, 2.24) is 15.0 Å². The molecule has 0 amide bonds. The molecule has 1 aliphatic rings. The molecule has 8 heteroatoms. The predicted octanol–water partition coefficient (Wildman–Crippen LogP) is -0.366. The van der Waals surface area contributed by atoms with Crippen molar-refractivity contribution in [1.29, 1.82) is 0 Å². The van der Waals surface area contributed by atoms with Crippen LogP contribution in [0.3, 0.4) is 0 Å². The quantitative estimate of drug-likeness (QED) is 0.650. The smallest absolute Gasteiger partial charge is 0.323 e. The molecule has 0 aliphatic carbocycles. The van der Waals surface area contributed by atoms with Gasteiger partial charge in [-0.1, -0.05) is 6.92 Å². The van der Waals surface area contributed by atoms with Crippen molar-refractivity contribution in [3.05, 3.63) is 0 Å². The Labute approximate surface area is 117 Å². The molecule has 2 heterocycles. The number of nitrogens with zero attached hydrogens (tertiary/aromatic N) is 4. The molecule has 8 nitrogen and oxygen atoms in total. The van der Waals surface area contributed by atoms with Gasteiger partial charge in [-0.15, -0.1) is 0 Å². The molecule has 1 aromatic heterocycles. The molecule has 0 saturated carbocycles. The molecular weight excluding hydrogens is 262 g/mol. The molecule has 1 saturated heterocycles. The van der Waals surface area contributed by atoms with E-state index in [0.29, 0.717) is 38.1 Å². The summed E-state index contributed by atoms with van der Waals surface area (Å²) in [7, 11) is 0. The van der Waals surface area contributed by atoms with Gasteiger partial charge in [0, 0.05) is 19.6 Å². The minimum Gasteiger partial charge on any atom is -0.463 e. The Morgan fingerprint density at radius 3 is 2.50 bits per heavy atom. The molecule has 2 atom stereocenters. The van der Waals surface area contributed by atoms with Crippen LogP contribution in [0.25, 0.3) is 0 Å². The summed E-state index contributed by atoms with van der Waals surface area (Å²) in [4.78, 5) is 14.4. The largest absolute Gasteiger partial charge is 0.463 e. The Morgan fingerprint density at radius 1 is 1.20 bits per heavy atom. The van der Waals surface area contributed by atoms with Crippen molar-refractivity contribution >= 4 is 11.9 Å². The molecule has 2 rings (SSSR count). The average Bonchev–Trinajstić information content (AvgIpc) is 2.77. The fourth-order valence-corrected chi connectivity index (χ4v) is 1.92. The highest BCUT2D eigenvalue weighted by Gasteiger charge is 2.31. The topological polar surface area (TPSA) is 104 Å². The maximum atomic E-state index is 9.60. The zero-order valence-electron chi connectivity index (χ0n) is 11.8. The second kappa shape index (κ2) is 6.67. The van der Waals surface area contributed by atoms with Gasteiger partial charge in [0.05, 0.1) is 18.8 Å². The Kier molecular flexibility index (Phi) is 4.91. The van der Waals surface area contributed by atoms with Gasteiger partial charge in [-0.3, -0.25) is 0 Å². The summed E-state index contributed by atoms with van der Waals surface area (Å²) >= 11 is 0. The third kappa shape index (κ3) is 3.45. The van der Waals surface area contributed by atoms with E-state index in [9.17, 15) is 10.2 Å². The van der Waals surface area contributed by atoms with Crippen LogP contribution in [-0.4, -0.2) is 63.6 Å². The SMILES string of the molecule is CCCOc1nc(NCC)nc(N2CC(O)C(O)C2)n1. The van der Waals surface area contributed by atoms with Crippen molar-refractivity contribution in [2.75, 3.05) is 36.5 Å². The lowest BCUT2D eigenvalue weighted by Crippen LogP contribution is -2.24. The fraction of sp³-hybridized carbons (Fsp3) is 0.750. The first kappa shape index (κ1) is 14.7. The van der Waals surface area contributed by atoms with Crippen molar-refractivity contribution in [2.45, 2.75) is 32.5 Å². The molecule has 112 valence electrons. The molecular formula is C12H21N5O3. The number of hydrogen-bond acceptors (Lipinski definition) is 8. The number of hydrogen-bond donors (Lipinski definition) is 3. The monoisotopic (exact) mass is 283 g/mol. The van der Waals surface area contributed by atoms with E-state index in [0.717, 1.165) is 6.42 Å². The summed E-state index contributed by atoms with van der Waals surface area (Å²) in [6.45, 7) is 5.75. The molecule has 1 aromatic rings. The van der Waals surface area contributed by atoms with Crippen LogP contribution in [-0.2, 0) is 0 Å². The lowest BCUT2D eigenvalue weighted by Gasteiger charge is -2.16.